The van der Waals surface area contributed by atoms with Gasteiger partial charge in [0.15, 0.2) is 0 Å². The molecule has 1 aromatic rings. The van der Waals surface area contributed by atoms with E-state index in [1.807, 2.05) is 12.3 Å². The summed E-state index contributed by atoms with van der Waals surface area (Å²) in [6, 6.07) is 1.94. The van der Waals surface area contributed by atoms with Crippen molar-refractivity contribution < 1.29 is 5.11 Å². The first-order valence-corrected chi connectivity index (χ1v) is 6.26. The fourth-order valence-corrected chi connectivity index (χ4v) is 1.93. The maximum Gasteiger partial charge on any atom is 0.0793 e. The van der Waals surface area contributed by atoms with E-state index in [1.54, 1.807) is 6.20 Å². The first kappa shape index (κ1) is 13.2. The van der Waals surface area contributed by atoms with Crippen molar-refractivity contribution in [3.05, 3.63) is 29.6 Å². The molecule has 0 aliphatic rings. The zero-order chi connectivity index (χ0) is 12.0. The molecule has 16 heavy (non-hydrogen) atoms. The van der Waals surface area contributed by atoms with Crippen molar-refractivity contribution in [2.45, 2.75) is 52.6 Å². The fourth-order valence-electron chi connectivity index (χ4n) is 1.93. The summed E-state index contributed by atoms with van der Waals surface area (Å²) < 4.78 is 0. The summed E-state index contributed by atoms with van der Waals surface area (Å²) >= 11 is 0. The van der Waals surface area contributed by atoms with Crippen LogP contribution in [0.4, 0.5) is 0 Å². The highest BCUT2D eigenvalue weighted by molar-refractivity contribution is 5.25. The van der Waals surface area contributed by atoms with Crippen molar-refractivity contribution in [2.24, 2.45) is 5.92 Å². The average Bonchev–Trinajstić information content (AvgIpc) is 2.28. The summed E-state index contributed by atoms with van der Waals surface area (Å²) in [4.78, 5) is 4.10. The number of aryl methyl sites for hydroxylation is 1. The smallest absolute Gasteiger partial charge is 0.0793 e. The molecule has 0 aromatic carbocycles. The summed E-state index contributed by atoms with van der Waals surface area (Å²) in [5, 5.41) is 10.1. The lowest BCUT2D eigenvalue weighted by molar-refractivity contribution is 0.161. The van der Waals surface area contributed by atoms with Crippen LogP contribution in [0, 0.1) is 5.92 Å². The van der Waals surface area contributed by atoms with Crippen LogP contribution in [0.5, 0.6) is 0 Å². The fraction of sp³-hybridized carbons (Fsp3) is 0.643. The molecule has 0 saturated carbocycles. The van der Waals surface area contributed by atoms with Gasteiger partial charge in [-0.3, -0.25) is 4.98 Å². The molecule has 90 valence electrons. The Labute approximate surface area is 98.7 Å². The maximum absolute atomic E-state index is 10.1. The Morgan fingerprint density at radius 1 is 1.31 bits per heavy atom. The monoisotopic (exact) mass is 221 g/mol. The van der Waals surface area contributed by atoms with Gasteiger partial charge in [0, 0.05) is 12.4 Å². The van der Waals surface area contributed by atoms with Gasteiger partial charge in [0.25, 0.3) is 0 Å². The number of hydrogen-bond acceptors (Lipinski definition) is 2. The normalized spacial score (nSPS) is 13.1. The Kier molecular flexibility index (Phi) is 5.47. The van der Waals surface area contributed by atoms with Gasteiger partial charge in [-0.05, 0) is 36.0 Å². The molecule has 0 aliphatic heterocycles. The Morgan fingerprint density at radius 3 is 2.69 bits per heavy atom. The van der Waals surface area contributed by atoms with Crippen LogP contribution >= 0.6 is 0 Å². The van der Waals surface area contributed by atoms with Crippen LogP contribution in [-0.4, -0.2) is 10.1 Å². The second-order valence-corrected chi connectivity index (χ2v) is 4.77. The Morgan fingerprint density at radius 2 is 2.06 bits per heavy atom. The molecule has 1 atom stereocenters. The van der Waals surface area contributed by atoms with Gasteiger partial charge >= 0.3 is 0 Å². The number of aliphatic hydroxyl groups excluding tert-OH is 1. The van der Waals surface area contributed by atoms with Crippen LogP contribution in [0.3, 0.4) is 0 Å². The maximum atomic E-state index is 10.1. The van der Waals surface area contributed by atoms with E-state index in [4.69, 9.17) is 0 Å². The van der Waals surface area contributed by atoms with Gasteiger partial charge in [0.2, 0.25) is 0 Å². The molecule has 1 N–H and O–H groups in total. The molecule has 0 bridgehead atoms. The quantitative estimate of drug-likeness (QED) is 0.797. The molecule has 0 amide bonds. The van der Waals surface area contributed by atoms with Crippen molar-refractivity contribution in [3.8, 4) is 0 Å². The zero-order valence-electron chi connectivity index (χ0n) is 10.6. The second-order valence-electron chi connectivity index (χ2n) is 4.77. The van der Waals surface area contributed by atoms with Crippen LogP contribution in [0.25, 0.3) is 0 Å². The van der Waals surface area contributed by atoms with E-state index < -0.39 is 0 Å². The first-order valence-electron chi connectivity index (χ1n) is 6.26. The number of pyridine rings is 1. The standard InChI is InChI=1S/C14H23NO/c1-4-12-10-15-9-8-13(12)14(16)7-5-6-11(2)3/h8-11,14,16H,4-7H2,1-3H3. The molecule has 0 fully saturated rings. The topological polar surface area (TPSA) is 33.1 Å². The third kappa shape index (κ3) is 3.93. The highest BCUT2D eigenvalue weighted by Crippen LogP contribution is 2.23. The molecular formula is C14H23NO. The van der Waals surface area contributed by atoms with Crippen molar-refractivity contribution in [1.82, 2.24) is 4.98 Å². The molecule has 1 heterocycles. The molecule has 1 unspecified atom stereocenters. The van der Waals surface area contributed by atoms with Gasteiger partial charge in [-0.2, -0.15) is 0 Å². The number of aromatic nitrogens is 1. The molecule has 2 nitrogen and oxygen atoms in total. The average molecular weight is 221 g/mol. The van der Waals surface area contributed by atoms with E-state index in [0.29, 0.717) is 0 Å². The Hall–Kier alpha value is -0.890. The SMILES string of the molecule is CCc1cnccc1C(O)CCCC(C)C. The molecular weight excluding hydrogens is 198 g/mol. The summed E-state index contributed by atoms with van der Waals surface area (Å²) in [5.41, 5.74) is 2.22. The summed E-state index contributed by atoms with van der Waals surface area (Å²) in [7, 11) is 0. The minimum Gasteiger partial charge on any atom is -0.388 e. The highest BCUT2D eigenvalue weighted by atomic mass is 16.3. The van der Waals surface area contributed by atoms with Crippen LogP contribution in [-0.2, 0) is 6.42 Å². The van der Waals surface area contributed by atoms with Crippen molar-refractivity contribution in [3.63, 3.8) is 0 Å². The second kappa shape index (κ2) is 6.64. The zero-order valence-corrected chi connectivity index (χ0v) is 10.6. The van der Waals surface area contributed by atoms with E-state index >= 15 is 0 Å². The van der Waals surface area contributed by atoms with E-state index in [0.717, 1.165) is 30.7 Å². The van der Waals surface area contributed by atoms with Crippen LogP contribution in [0.2, 0.25) is 0 Å². The van der Waals surface area contributed by atoms with Crippen LogP contribution in [0.15, 0.2) is 18.5 Å². The van der Waals surface area contributed by atoms with E-state index in [1.165, 1.54) is 12.0 Å². The summed E-state index contributed by atoms with van der Waals surface area (Å²) in [5.74, 6) is 0.718. The van der Waals surface area contributed by atoms with Gasteiger partial charge in [-0.15, -0.1) is 0 Å². The van der Waals surface area contributed by atoms with Crippen LogP contribution < -0.4 is 0 Å². The Bertz CT molecular complexity index is 309. The molecule has 0 radical (unpaired) electrons. The van der Waals surface area contributed by atoms with Gasteiger partial charge in [-0.1, -0.05) is 33.6 Å². The lowest BCUT2D eigenvalue weighted by atomic mass is 9.97. The molecule has 2 heteroatoms. The predicted molar refractivity (Wildman–Crippen MR) is 67.3 cm³/mol. The van der Waals surface area contributed by atoms with Crippen LogP contribution in [0.1, 0.15) is 57.3 Å². The third-order valence-electron chi connectivity index (χ3n) is 2.94. The highest BCUT2D eigenvalue weighted by Gasteiger charge is 2.11. The van der Waals surface area contributed by atoms with E-state index in [2.05, 4.69) is 25.8 Å². The molecule has 0 saturated heterocycles. The number of rotatable bonds is 6. The van der Waals surface area contributed by atoms with Gasteiger partial charge < -0.3 is 5.11 Å². The van der Waals surface area contributed by atoms with Gasteiger partial charge in [0.05, 0.1) is 6.10 Å². The Balaban J connectivity index is 2.55. The largest absolute Gasteiger partial charge is 0.388 e. The third-order valence-corrected chi connectivity index (χ3v) is 2.94. The summed E-state index contributed by atoms with van der Waals surface area (Å²) in [6.45, 7) is 6.54. The van der Waals surface area contributed by atoms with Crippen molar-refractivity contribution >= 4 is 0 Å². The lowest BCUT2D eigenvalue weighted by Crippen LogP contribution is -2.03. The minimum absolute atomic E-state index is 0.323. The van der Waals surface area contributed by atoms with Crippen molar-refractivity contribution in [1.29, 1.82) is 0 Å². The van der Waals surface area contributed by atoms with E-state index in [9.17, 15) is 5.11 Å². The minimum atomic E-state index is -0.323. The van der Waals surface area contributed by atoms with Crippen molar-refractivity contribution in [2.75, 3.05) is 0 Å². The number of aliphatic hydroxyl groups is 1. The first-order chi connectivity index (χ1) is 7.65. The number of hydrogen-bond donors (Lipinski definition) is 1. The van der Waals surface area contributed by atoms with Gasteiger partial charge in [-0.25, -0.2) is 0 Å². The molecule has 0 spiro atoms. The molecule has 1 aromatic heterocycles. The van der Waals surface area contributed by atoms with Gasteiger partial charge in [0.1, 0.15) is 0 Å². The number of nitrogens with zero attached hydrogens (tertiary/aromatic N) is 1. The molecule has 1 rings (SSSR count). The predicted octanol–water partition coefficient (Wildman–Crippen LogP) is 3.50. The molecule has 0 aliphatic carbocycles. The lowest BCUT2D eigenvalue weighted by Gasteiger charge is -2.14. The van der Waals surface area contributed by atoms with E-state index in [-0.39, 0.29) is 6.10 Å². The summed E-state index contributed by atoms with van der Waals surface area (Å²) in [6.07, 6.45) is 7.37.